The first kappa shape index (κ1) is 15.0. The van der Waals surface area contributed by atoms with Crippen molar-refractivity contribution in [2.75, 3.05) is 19.7 Å². The van der Waals surface area contributed by atoms with E-state index < -0.39 is 0 Å². The van der Waals surface area contributed by atoms with E-state index in [1.165, 1.54) is 0 Å². The molecule has 1 aromatic rings. The molecule has 0 unspecified atom stereocenters. The number of nitrogens with one attached hydrogen (secondary N) is 1. The summed E-state index contributed by atoms with van der Waals surface area (Å²) in [7, 11) is 0. The van der Waals surface area contributed by atoms with E-state index in [1.807, 2.05) is 18.2 Å². The van der Waals surface area contributed by atoms with Crippen molar-refractivity contribution in [3.05, 3.63) is 27.1 Å². The van der Waals surface area contributed by atoms with Crippen LogP contribution in [-0.2, 0) is 0 Å². The third-order valence-electron chi connectivity index (χ3n) is 2.37. The van der Waals surface area contributed by atoms with E-state index in [9.17, 15) is 0 Å². The van der Waals surface area contributed by atoms with Gasteiger partial charge in [-0.1, -0.05) is 36.7 Å². The fourth-order valence-electron chi connectivity index (χ4n) is 1.38. The molecule has 0 aromatic heterocycles. The lowest BCUT2D eigenvalue weighted by atomic mass is 9.95. The van der Waals surface area contributed by atoms with Crippen LogP contribution in [-0.4, -0.2) is 19.7 Å². The minimum atomic E-state index is 0.128. The largest absolute Gasteiger partial charge is 0.492 e. The molecular weight excluding hydrogens is 346 g/mol. The highest BCUT2D eigenvalue weighted by molar-refractivity contribution is 9.11. The van der Waals surface area contributed by atoms with E-state index in [0.717, 1.165) is 27.8 Å². The minimum absolute atomic E-state index is 0.128. The molecule has 4 heteroatoms. The maximum absolute atomic E-state index is 5.85. The summed E-state index contributed by atoms with van der Waals surface area (Å²) >= 11 is 6.92. The Morgan fingerprint density at radius 3 is 2.59 bits per heavy atom. The summed E-state index contributed by atoms with van der Waals surface area (Å²) in [5.74, 6) is 0.887. The van der Waals surface area contributed by atoms with Gasteiger partial charge in [-0.05, 0) is 40.7 Å². The third-order valence-corrected chi connectivity index (χ3v) is 3.48. The SMILES string of the molecule is CCNCC(C)(C)COc1ccc(Br)cc1Br. The van der Waals surface area contributed by atoms with Crippen molar-refractivity contribution < 1.29 is 4.74 Å². The minimum Gasteiger partial charge on any atom is -0.492 e. The maximum atomic E-state index is 5.85. The van der Waals surface area contributed by atoms with Crippen molar-refractivity contribution in [2.24, 2.45) is 5.41 Å². The molecule has 0 atom stereocenters. The van der Waals surface area contributed by atoms with E-state index in [-0.39, 0.29) is 5.41 Å². The number of halogens is 2. The topological polar surface area (TPSA) is 21.3 Å². The maximum Gasteiger partial charge on any atom is 0.133 e. The van der Waals surface area contributed by atoms with E-state index >= 15 is 0 Å². The van der Waals surface area contributed by atoms with Crippen LogP contribution >= 0.6 is 31.9 Å². The fraction of sp³-hybridized carbons (Fsp3) is 0.538. The Balaban J connectivity index is 2.54. The molecule has 0 radical (unpaired) electrons. The summed E-state index contributed by atoms with van der Waals surface area (Å²) in [5.41, 5.74) is 0.128. The smallest absolute Gasteiger partial charge is 0.133 e. The quantitative estimate of drug-likeness (QED) is 0.815. The third kappa shape index (κ3) is 5.40. The standard InChI is InChI=1S/C13H19Br2NO/c1-4-16-8-13(2,3)9-17-12-6-5-10(14)7-11(12)15/h5-7,16H,4,8-9H2,1-3H3. The van der Waals surface area contributed by atoms with Crippen molar-refractivity contribution in [1.29, 1.82) is 0 Å². The lowest BCUT2D eigenvalue weighted by molar-refractivity contribution is 0.176. The van der Waals surface area contributed by atoms with Gasteiger partial charge in [0.25, 0.3) is 0 Å². The summed E-state index contributed by atoms with van der Waals surface area (Å²) < 4.78 is 7.87. The van der Waals surface area contributed by atoms with Crippen molar-refractivity contribution in [3.8, 4) is 5.75 Å². The highest BCUT2D eigenvalue weighted by atomic mass is 79.9. The molecule has 1 rings (SSSR count). The van der Waals surface area contributed by atoms with Gasteiger partial charge in [0, 0.05) is 16.4 Å². The second-order valence-electron chi connectivity index (χ2n) is 4.81. The number of hydrogen-bond acceptors (Lipinski definition) is 2. The molecule has 1 N–H and O–H groups in total. The second-order valence-corrected chi connectivity index (χ2v) is 6.58. The number of ether oxygens (including phenoxy) is 1. The molecule has 96 valence electrons. The average molecular weight is 365 g/mol. The van der Waals surface area contributed by atoms with Crippen LogP contribution in [0.5, 0.6) is 5.75 Å². The lowest BCUT2D eigenvalue weighted by Gasteiger charge is -2.25. The highest BCUT2D eigenvalue weighted by Crippen LogP contribution is 2.29. The van der Waals surface area contributed by atoms with Gasteiger partial charge in [0.1, 0.15) is 5.75 Å². The van der Waals surface area contributed by atoms with Crippen LogP contribution in [0.4, 0.5) is 0 Å². The number of rotatable bonds is 6. The van der Waals surface area contributed by atoms with Gasteiger partial charge in [-0.3, -0.25) is 0 Å². The molecule has 0 aliphatic carbocycles. The Hall–Kier alpha value is -0.0600. The molecule has 0 bridgehead atoms. The van der Waals surface area contributed by atoms with Crippen LogP contribution in [0.15, 0.2) is 27.1 Å². The van der Waals surface area contributed by atoms with Crippen molar-refractivity contribution in [2.45, 2.75) is 20.8 Å². The molecule has 0 aliphatic rings. The predicted octanol–water partition coefficient (Wildman–Crippen LogP) is 4.23. The molecular formula is C13H19Br2NO. The zero-order chi connectivity index (χ0) is 12.9. The average Bonchev–Trinajstić information content (AvgIpc) is 2.25. The lowest BCUT2D eigenvalue weighted by Crippen LogP contribution is -2.34. The summed E-state index contributed by atoms with van der Waals surface area (Å²) in [4.78, 5) is 0. The van der Waals surface area contributed by atoms with Gasteiger partial charge in [0.2, 0.25) is 0 Å². The van der Waals surface area contributed by atoms with Gasteiger partial charge in [-0.25, -0.2) is 0 Å². The predicted molar refractivity (Wildman–Crippen MR) is 79.7 cm³/mol. The first-order valence-electron chi connectivity index (χ1n) is 5.73. The van der Waals surface area contributed by atoms with Gasteiger partial charge in [-0.15, -0.1) is 0 Å². The van der Waals surface area contributed by atoms with Gasteiger partial charge in [0.05, 0.1) is 11.1 Å². The molecule has 1 aromatic carbocycles. The van der Waals surface area contributed by atoms with Gasteiger partial charge < -0.3 is 10.1 Å². The molecule has 0 amide bonds. The molecule has 0 aliphatic heterocycles. The van der Waals surface area contributed by atoms with Crippen LogP contribution in [0.1, 0.15) is 20.8 Å². The Bertz CT molecular complexity index is 366. The van der Waals surface area contributed by atoms with Crippen molar-refractivity contribution >= 4 is 31.9 Å². The van der Waals surface area contributed by atoms with E-state index in [0.29, 0.717) is 6.61 Å². The fourth-order valence-corrected chi connectivity index (χ4v) is 2.54. The molecule has 0 heterocycles. The van der Waals surface area contributed by atoms with Crippen LogP contribution in [0, 0.1) is 5.41 Å². The summed E-state index contributed by atoms with van der Waals surface area (Å²) in [6.07, 6.45) is 0. The summed E-state index contributed by atoms with van der Waals surface area (Å²) in [6, 6.07) is 5.95. The van der Waals surface area contributed by atoms with Gasteiger partial charge >= 0.3 is 0 Å². The van der Waals surface area contributed by atoms with Gasteiger partial charge in [-0.2, -0.15) is 0 Å². The van der Waals surface area contributed by atoms with Crippen LogP contribution in [0.3, 0.4) is 0 Å². The van der Waals surface area contributed by atoms with Crippen molar-refractivity contribution in [3.63, 3.8) is 0 Å². The Kier molecular flexibility index (Phi) is 5.97. The molecule has 0 saturated carbocycles. The summed E-state index contributed by atoms with van der Waals surface area (Å²) in [5, 5.41) is 3.35. The van der Waals surface area contributed by atoms with E-state index in [2.05, 4.69) is 57.9 Å². The van der Waals surface area contributed by atoms with Crippen LogP contribution in [0.2, 0.25) is 0 Å². The molecule has 0 saturated heterocycles. The molecule has 17 heavy (non-hydrogen) atoms. The van der Waals surface area contributed by atoms with E-state index in [1.54, 1.807) is 0 Å². The molecule has 0 spiro atoms. The first-order chi connectivity index (χ1) is 7.94. The van der Waals surface area contributed by atoms with Crippen molar-refractivity contribution in [1.82, 2.24) is 5.32 Å². The molecule has 0 fully saturated rings. The highest BCUT2D eigenvalue weighted by Gasteiger charge is 2.18. The van der Waals surface area contributed by atoms with Crippen LogP contribution in [0.25, 0.3) is 0 Å². The number of hydrogen-bond donors (Lipinski definition) is 1. The zero-order valence-corrected chi connectivity index (χ0v) is 13.7. The Morgan fingerprint density at radius 1 is 1.29 bits per heavy atom. The monoisotopic (exact) mass is 363 g/mol. The Labute approximate surface area is 120 Å². The first-order valence-corrected chi connectivity index (χ1v) is 7.32. The van der Waals surface area contributed by atoms with E-state index in [4.69, 9.17) is 4.74 Å². The Morgan fingerprint density at radius 2 is 2.00 bits per heavy atom. The molecule has 2 nitrogen and oxygen atoms in total. The van der Waals surface area contributed by atoms with Gasteiger partial charge in [0.15, 0.2) is 0 Å². The summed E-state index contributed by atoms with van der Waals surface area (Å²) in [6.45, 7) is 9.15. The van der Waals surface area contributed by atoms with Crippen LogP contribution < -0.4 is 10.1 Å². The normalized spacial score (nSPS) is 11.6. The number of benzene rings is 1. The zero-order valence-electron chi connectivity index (χ0n) is 10.5. The second kappa shape index (κ2) is 6.76.